The third-order valence-corrected chi connectivity index (χ3v) is 5.89. The highest BCUT2D eigenvalue weighted by Crippen LogP contribution is 2.47. The number of nitrogens with one attached hydrogen (secondary N) is 1. The molecule has 0 aromatic carbocycles. The second-order valence-corrected chi connectivity index (χ2v) is 7.09. The van der Waals surface area contributed by atoms with Crippen LogP contribution in [0.5, 0.6) is 0 Å². The Labute approximate surface area is 119 Å². The van der Waals surface area contributed by atoms with Crippen LogP contribution in [0, 0.1) is 11.3 Å². The molecule has 1 saturated heterocycles. The van der Waals surface area contributed by atoms with Crippen molar-refractivity contribution < 1.29 is 4.74 Å². The van der Waals surface area contributed by atoms with E-state index in [9.17, 15) is 0 Å². The molecule has 3 heteroatoms. The molecule has 0 bridgehead atoms. The molecule has 0 aromatic rings. The van der Waals surface area contributed by atoms with Crippen molar-refractivity contribution in [2.45, 2.75) is 71.7 Å². The van der Waals surface area contributed by atoms with Crippen molar-refractivity contribution in [3.63, 3.8) is 0 Å². The van der Waals surface area contributed by atoms with Crippen LogP contribution in [-0.2, 0) is 4.74 Å². The smallest absolute Gasteiger partial charge is 0.0652 e. The predicted molar refractivity (Wildman–Crippen MR) is 80.4 cm³/mol. The predicted octanol–water partition coefficient (Wildman–Crippen LogP) is 2.51. The number of likely N-dealkylation sites (tertiary alicyclic amines) is 1. The van der Waals surface area contributed by atoms with Crippen molar-refractivity contribution in [3.05, 3.63) is 0 Å². The van der Waals surface area contributed by atoms with E-state index in [4.69, 9.17) is 4.74 Å². The van der Waals surface area contributed by atoms with Gasteiger partial charge in [0.25, 0.3) is 0 Å². The summed E-state index contributed by atoms with van der Waals surface area (Å²) in [6.45, 7) is 14.1. The highest BCUT2D eigenvalue weighted by atomic mass is 16.5. The Morgan fingerprint density at radius 1 is 1.32 bits per heavy atom. The first-order chi connectivity index (χ1) is 8.93. The van der Waals surface area contributed by atoms with Crippen molar-refractivity contribution in [2.75, 3.05) is 20.2 Å². The third kappa shape index (κ3) is 2.57. The Morgan fingerprint density at radius 3 is 2.53 bits per heavy atom. The molecule has 112 valence electrons. The molecule has 2 aliphatic rings. The average molecular weight is 268 g/mol. The SMILES string of the molecule is CCNC1CCN(C2CC(OC)C2(C)C)C(C)C1C. The molecule has 1 aliphatic carbocycles. The summed E-state index contributed by atoms with van der Waals surface area (Å²) < 4.78 is 5.61. The lowest BCUT2D eigenvalue weighted by Crippen LogP contribution is -2.67. The molecule has 0 aromatic heterocycles. The van der Waals surface area contributed by atoms with Crippen LogP contribution in [0.3, 0.4) is 0 Å². The second kappa shape index (κ2) is 5.71. The van der Waals surface area contributed by atoms with Gasteiger partial charge in [0, 0.05) is 37.2 Å². The van der Waals surface area contributed by atoms with Crippen LogP contribution in [0.1, 0.15) is 47.5 Å². The van der Waals surface area contributed by atoms with Crippen LogP contribution in [0.2, 0.25) is 0 Å². The van der Waals surface area contributed by atoms with E-state index in [0.717, 1.165) is 12.5 Å². The monoisotopic (exact) mass is 268 g/mol. The largest absolute Gasteiger partial charge is 0.381 e. The van der Waals surface area contributed by atoms with Crippen LogP contribution in [0.15, 0.2) is 0 Å². The number of rotatable bonds is 4. The van der Waals surface area contributed by atoms with Crippen molar-refractivity contribution in [1.82, 2.24) is 10.2 Å². The summed E-state index contributed by atoms with van der Waals surface area (Å²) in [6.07, 6.45) is 2.92. The quantitative estimate of drug-likeness (QED) is 0.848. The minimum Gasteiger partial charge on any atom is -0.381 e. The standard InChI is InChI=1S/C16H32N2O/c1-7-17-13-8-9-18(12(3)11(13)2)14-10-15(19-6)16(14,4)5/h11-15,17H,7-10H2,1-6H3. The van der Waals surface area contributed by atoms with E-state index in [2.05, 4.69) is 44.8 Å². The van der Waals surface area contributed by atoms with Crippen LogP contribution in [0.4, 0.5) is 0 Å². The van der Waals surface area contributed by atoms with Gasteiger partial charge in [0.15, 0.2) is 0 Å². The maximum absolute atomic E-state index is 5.61. The van der Waals surface area contributed by atoms with Crippen molar-refractivity contribution in [1.29, 1.82) is 0 Å². The fourth-order valence-electron chi connectivity index (χ4n) is 4.21. The summed E-state index contributed by atoms with van der Waals surface area (Å²) in [5, 5.41) is 3.65. The molecule has 0 radical (unpaired) electrons. The molecule has 1 N–H and O–H groups in total. The minimum atomic E-state index is 0.299. The molecule has 1 aliphatic heterocycles. The minimum absolute atomic E-state index is 0.299. The Hall–Kier alpha value is -0.120. The zero-order valence-electron chi connectivity index (χ0n) is 13.6. The molecule has 1 heterocycles. The van der Waals surface area contributed by atoms with Gasteiger partial charge < -0.3 is 10.1 Å². The van der Waals surface area contributed by atoms with E-state index in [-0.39, 0.29) is 0 Å². The topological polar surface area (TPSA) is 24.5 Å². The summed E-state index contributed by atoms with van der Waals surface area (Å²) in [6, 6.07) is 2.05. The van der Waals surface area contributed by atoms with Crippen molar-refractivity contribution in [2.24, 2.45) is 11.3 Å². The molecule has 1 saturated carbocycles. The highest BCUT2D eigenvalue weighted by Gasteiger charge is 2.53. The highest BCUT2D eigenvalue weighted by molar-refractivity contribution is 5.06. The van der Waals surface area contributed by atoms with Gasteiger partial charge >= 0.3 is 0 Å². The van der Waals surface area contributed by atoms with Crippen molar-refractivity contribution in [3.8, 4) is 0 Å². The van der Waals surface area contributed by atoms with Crippen molar-refractivity contribution >= 4 is 0 Å². The van der Waals surface area contributed by atoms with Gasteiger partial charge in [-0.3, -0.25) is 4.90 Å². The van der Waals surface area contributed by atoms with E-state index in [1.165, 1.54) is 19.4 Å². The Morgan fingerprint density at radius 2 is 2.00 bits per heavy atom. The van der Waals surface area contributed by atoms with E-state index < -0.39 is 0 Å². The molecule has 2 rings (SSSR count). The van der Waals surface area contributed by atoms with Gasteiger partial charge in [-0.2, -0.15) is 0 Å². The van der Waals surface area contributed by atoms with E-state index in [1.807, 2.05) is 7.11 Å². The van der Waals surface area contributed by atoms with E-state index in [0.29, 0.717) is 29.6 Å². The fourth-order valence-corrected chi connectivity index (χ4v) is 4.21. The lowest BCUT2D eigenvalue weighted by atomic mass is 9.62. The Bertz CT molecular complexity index is 305. The van der Waals surface area contributed by atoms with Gasteiger partial charge in [-0.05, 0) is 32.2 Å². The molecule has 3 nitrogen and oxygen atoms in total. The van der Waals surface area contributed by atoms with Gasteiger partial charge in [0.2, 0.25) is 0 Å². The van der Waals surface area contributed by atoms with Gasteiger partial charge in [-0.15, -0.1) is 0 Å². The Balaban J connectivity index is 2.00. The number of nitrogens with zero attached hydrogens (tertiary/aromatic N) is 1. The van der Waals surface area contributed by atoms with Crippen LogP contribution >= 0.6 is 0 Å². The van der Waals surface area contributed by atoms with Crippen LogP contribution < -0.4 is 5.32 Å². The maximum Gasteiger partial charge on any atom is 0.0652 e. The van der Waals surface area contributed by atoms with Gasteiger partial charge in [-0.25, -0.2) is 0 Å². The van der Waals surface area contributed by atoms with Gasteiger partial charge in [0.1, 0.15) is 0 Å². The first kappa shape index (κ1) is 15.3. The zero-order valence-corrected chi connectivity index (χ0v) is 13.6. The molecule has 0 amide bonds. The van der Waals surface area contributed by atoms with Crippen LogP contribution in [0.25, 0.3) is 0 Å². The van der Waals surface area contributed by atoms with Gasteiger partial charge in [-0.1, -0.05) is 27.7 Å². The van der Waals surface area contributed by atoms with Crippen LogP contribution in [-0.4, -0.2) is 49.3 Å². The molecule has 5 unspecified atom stereocenters. The number of piperidine rings is 1. The lowest BCUT2D eigenvalue weighted by Gasteiger charge is -2.59. The van der Waals surface area contributed by atoms with E-state index >= 15 is 0 Å². The maximum atomic E-state index is 5.61. The zero-order chi connectivity index (χ0) is 14.2. The molecular formula is C16H32N2O. The molecule has 19 heavy (non-hydrogen) atoms. The second-order valence-electron chi connectivity index (χ2n) is 7.09. The third-order valence-electron chi connectivity index (χ3n) is 5.89. The van der Waals surface area contributed by atoms with Gasteiger partial charge in [0.05, 0.1) is 6.10 Å². The summed E-state index contributed by atoms with van der Waals surface area (Å²) in [5.41, 5.74) is 0.299. The average Bonchev–Trinajstić information content (AvgIpc) is 2.37. The first-order valence-corrected chi connectivity index (χ1v) is 7.95. The first-order valence-electron chi connectivity index (χ1n) is 7.95. The summed E-state index contributed by atoms with van der Waals surface area (Å²) >= 11 is 0. The molecule has 5 atom stereocenters. The summed E-state index contributed by atoms with van der Waals surface area (Å²) in [4.78, 5) is 2.74. The Kier molecular flexibility index (Phi) is 4.59. The molecule has 0 spiro atoms. The molecular weight excluding hydrogens is 236 g/mol. The summed E-state index contributed by atoms with van der Waals surface area (Å²) in [7, 11) is 1.85. The van der Waals surface area contributed by atoms with E-state index in [1.54, 1.807) is 0 Å². The summed E-state index contributed by atoms with van der Waals surface area (Å²) in [5.74, 6) is 0.728. The number of hydrogen-bond donors (Lipinski definition) is 1. The molecule has 2 fully saturated rings. The number of hydrogen-bond acceptors (Lipinski definition) is 3. The number of methoxy groups -OCH3 is 1. The fraction of sp³-hybridized carbons (Fsp3) is 1.00. The lowest BCUT2D eigenvalue weighted by molar-refractivity contribution is -0.156. The normalized spacial score (nSPS) is 42.9. The number of ether oxygens (including phenoxy) is 1.